The Balaban J connectivity index is 1.73. The van der Waals surface area contributed by atoms with Gasteiger partial charge in [-0.2, -0.15) is 12.7 Å². The van der Waals surface area contributed by atoms with E-state index >= 15 is 0 Å². The van der Waals surface area contributed by atoms with Gasteiger partial charge >= 0.3 is 0 Å². The zero-order valence-corrected chi connectivity index (χ0v) is 18.3. The molecule has 6 nitrogen and oxygen atoms in total. The quantitative estimate of drug-likeness (QED) is 0.553. The minimum atomic E-state index is -3.71. The van der Waals surface area contributed by atoms with Crippen LogP contribution in [0, 0.1) is 5.82 Å². The summed E-state index contributed by atoms with van der Waals surface area (Å²) in [6, 6.07) is 4.73. The Morgan fingerprint density at radius 2 is 2.10 bits per heavy atom. The molecule has 1 aliphatic heterocycles. The van der Waals surface area contributed by atoms with Crippen LogP contribution in [0.25, 0.3) is 16.6 Å². The van der Waals surface area contributed by atoms with Gasteiger partial charge in [0.1, 0.15) is 11.5 Å². The van der Waals surface area contributed by atoms with E-state index < -0.39 is 16.0 Å². The summed E-state index contributed by atoms with van der Waals surface area (Å²) < 4.78 is 38.3. The normalized spacial score (nSPS) is 16.6. The van der Waals surface area contributed by atoms with E-state index in [1.165, 1.54) is 16.4 Å². The van der Waals surface area contributed by atoms with Gasteiger partial charge in [-0.15, -0.1) is 0 Å². The molecule has 0 saturated heterocycles. The van der Waals surface area contributed by atoms with Crippen LogP contribution in [-0.4, -0.2) is 35.8 Å². The van der Waals surface area contributed by atoms with Crippen LogP contribution in [0.3, 0.4) is 0 Å². The highest BCUT2D eigenvalue weighted by molar-refractivity contribution is 7.86. The monoisotopic (exact) mass is 468 g/mol. The van der Waals surface area contributed by atoms with Gasteiger partial charge in [0.15, 0.2) is 0 Å². The van der Waals surface area contributed by atoms with Crippen LogP contribution in [0.2, 0.25) is 10.0 Å². The molecule has 0 aliphatic carbocycles. The Labute approximate surface area is 183 Å². The SMILES string of the molecule is CC(c1c(Cl)ccc(F)c1Cl)c1c[nH]c2ncc(C3=CCN(S(N)(=O)=O)CC3)cc12. The maximum absolute atomic E-state index is 14.0. The molecule has 1 unspecified atom stereocenters. The summed E-state index contributed by atoms with van der Waals surface area (Å²) in [6.45, 7) is 2.44. The lowest BCUT2D eigenvalue weighted by atomic mass is 9.92. The molecule has 2 aromatic heterocycles. The predicted octanol–water partition coefficient (Wildman–Crippen LogP) is 4.45. The number of nitrogens with one attached hydrogen (secondary N) is 1. The van der Waals surface area contributed by atoms with Gasteiger partial charge in [-0.25, -0.2) is 14.5 Å². The number of rotatable bonds is 4. The zero-order valence-electron chi connectivity index (χ0n) is 16.0. The predicted molar refractivity (Wildman–Crippen MR) is 117 cm³/mol. The maximum Gasteiger partial charge on any atom is 0.277 e. The first kappa shape index (κ1) is 21.3. The highest BCUT2D eigenvalue weighted by Gasteiger charge is 2.23. The Morgan fingerprint density at radius 1 is 1.33 bits per heavy atom. The molecule has 0 radical (unpaired) electrons. The topological polar surface area (TPSA) is 92.1 Å². The molecule has 0 fully saturated rings. The molecule has 0 saturated carbocycles. The minimum Gasteiger partial charge on any atom is -0.346 e. The number of fused-ring (bicyclic) bond motifs is 1. The molecule has 30 heavy (non-hydrogen) atoms. The molecule has 0 amide bonds. The standard InChI is InChI=1S/C20H19Cl2FN4O2S/c1-11(18-16(21)2-3-17(23)19(18)22)15-10-26-20-14(15)8-13(9-25-20)12-4-6-27(7-5-12)30(24,28)29/h2-4,8-11H,5-7H2,1H3,(H,25,26)(H2,24,28,29). The van der Waals surface area contributed by atoms with Crippen LogP contribution in [0.4, 0.5) is 4.39 Å². The van der Waals surface area contributed by atoms with Gasteiger partial charge in [0.2, 0.25) is 0 Å². The van der Waals surface area contributed by atoms with Gasteiger partial charge < -0.3 is 4.98 Å². The Hall–Kier alpha value is -1.97. The number of nitrogens with zero attached hydrogens (tertiary/aromatic N) is 2. The zero-order chi connectivity index (χ0) is 21.6. The number of aromatic nitrogens is 2. The van der Waals surface area contributed by atoms with Crippen molar-refractivity contribution in [3.8, 4) is 0 Å². The molecular weight excluding hydrogens is 450 g/mol. The maximum atomic E-state index is 14.0. The highest BCUT2D eigenvalue weighted by Crippen LogP contribution is 2.39. The summed E-state index contributed by atoms with van der Waals surface area (Å²) in [5.41, 5.74) is 3.97. The van der Waals surface area contributed by atoms with Gasteiger partial charge in [-0.1, -0.05) is 36.2 Å². The minimum absolute atomic E-state index is 0.00605. The second-order valence-corrected chi connectivity index (χ2v) is 9.56. The van der Waals surface area contributed by atoms with E-state index in [0.29, 0.717) is 29.2 Å². The second-order valence-electron chi connectivity index (χ2n) is 7.23. The highest BCUT2D eigenvalue weighted by atomic mass is 35.5. The van der Waals surface area contributed by atoms with Crippen molar-refractivity contribution >= 4 is 50.0 Å². The number of hydrogen-bond acceptors (Lipinski definition) is 3. The molecule has 4 rings (SSSR count). The number of pyridine rings is 1. The van der Waals surface area contributed by atoms with Crippen molar-refractivity contribution in [1.29, 1.82) is 0 Å². The fourth-order valence-electron chi connectivity index (χ4n) is 3.80. The summed E-state index contributed by atoms with van der Waals surface area (Å²) in [4.78, 5) is 7.63. The van der Waals surface area contributed by atoms with E-state index in [-0.39, 0.29) is 17.5 Å². The average molecular weight is 469 g/mol. The number of nitrogens with two attached hydrogens (primary N) is 1. The van der Waals surface area contributed by atoms with Gasteiger partial charge in [-0.3, -0.25) is 0 Å². The smallest absolute Gasteiger partial charge is 0.277 e. The lowest BCUT2D eigenvalue weighted by Gasteiger charge is -2.23. The third-order valence-electron chi connectivity index (χ3n) is 5.44. The summed E-state index contributed by atoms with van der Waals surface area (Å²) >= 11 is 12.5. The van der Waals surface area contributed by atoms with Gasteiger partial charge in [0, 0.05) is 41.8 Å². The van der Waals surface area contributed by atoms with Crippen molar-refractivity contribution in [2.24, 2.45) is 5.14 Å². The van der Waals surface area contributed by atoms with E-state index in [4.69, 9.17) is 28.3 Å². The third-order valence-corrected chi connectivity index (χ3v) is 7.21. The van der Waals surface area contributed by atoms with E-state index in [0.717, 1.165) is 22.1 Å². The summed E-state index contributed by atoms with van der Waals surface area (Å²) in [5.74, 6) is -0.793. The van der Waals surface area contributed by atoms with Crippen LogP contribution in [-0.2, 0) is 10.2 Å². The van der Waals surface area contributed by atoms with E-state index in [9.17, 15) is 12.8 Å². The fraction of sp³-hybridized carbons (Fsp3) is 0.250. The van der Waals surface area contributed by atoms with E-state index in [1.807, 2.05) is 25.3 Å². The van der Waals surface area contributed by atoms with Gasteiger partial charge in [0.05, 0.1) is 5.02 Å². The van der Waals surface area contributed by atoms with Crippen LogP contribution >= 0.6 is 23.2 Å². The van der Waals surface area contributed by atoms with Crippen molar-refractivity contribution in [2.45, 2.75) is 19.3 Å². The lowest BCUT2D eigenvalue weighted by Crippen LogP contribution is -2.39. The van der Waals surface area contributed by atoms with Gasteiger partial charge in [0.25, 0.3) is 10.2 Å². The van der Waals surface area contributed by atoms with E-state index in [2.05, 4.69) is 9.97 Å². The number of hydrogen-bond donors (Lipinski definition) is 2. The molecule has 1 aliphatic rings. The molecule has 3 aromatic rings. The van der Waals surface area contributed by atoms with Crippen molar-refractivity contribution in [1.82, 2.24) is 14.3 Å². The molecule has 1 aromatic carbocycles. The second kappa shape index (κ2) is 7.94. The van der Waals surface area contributed by atoms with Crippen LogP contribution < -0.4 is 5.14 Å². The fourth-order valence-corrected chi connectivity index (χ4v) is 5.12. The number of aromatic amines is 1. The van der Waals surface area contributed by atoms with Crippen LogP contribution in [0.1, 0.15) is 36.0 Å². The number of halogens is 3. The summed E-state index contributed by atoms with van der Waals surface area (Å²) in [6.07, 6.45) is 5.93. The lowest BCUT2D eigenvalue weighted by molar-refractivity contribution is 0.442. The average Bonchev–Trinajstić information content (AvgIpc) is 3.13. The summed E-state index contributed by atoms with van der Waals surface area (Å²) in [5, 5.41) is 6.47. The molecule has 1 atom stereocenters. The Bertz CT molecular complexity index is 1270. The van der Waals surface area contributed by atoms with Crippen molar-refractivity contribution in [3.05, 3.63) is 69.2 Å². The summed E-state index contributed by atoms with van der Waals surface area (Å²) in [7, 11) is -3.71. The Kier molecular flexibility index (Phi) is 5.63. The molecule has 3 N–H and O–H groups in total. The van der Waals surface area contributed by atoms with Crippen molar-refractivity contribution < 1.29 is 12.8 Å². The molecule has 10 heteroatoms. The molecule has 0 spiro atoms. The number of H-pyrrole nitrogens is 1. The van der Waals surface area contributed by atoms with Crippen molar-refractivity contribution in [3.63, 3.8) is 0 Å². The first-order chi connectivity index (χ1) is 14.2. The molecule has 3 heterocycles. The largest absolute Gasteiger partial charge is 0.346 e. The first-order valence-corrected chi connectivity index (χ1v) is 11.5. The van der Waals surface area contributed by atoms with Crippen LogP contribution in [0.5, 0.6) is 0 Å². The number of benzene rings is 1. The first-order valence-electron chi connectivity index (χ1n) is 9.24. The van der Waals surface area contributed by atoms with Crippen LogP contribution in [0.15, 0.2) is 36.7 Å². The third kappa shape index (κ3) is 3.86. The molecular formula is C20H19Cl2FN4O2S. The Morgan fingerprint density at radius 3 is 2.77 bits per heavy atom. The van der Waals surface area contributed by atoms with E-state index in [1.54, 1.807) is 6.20 Å². The van der Waals surface area contributed by atoms with Crippen molar-refractivity contribution in [2.75, 3.05) is 13.1 Å². The molecule has 158 valence electrons. The van der Waals surface area contributed by atoms with Gasteiger partial charge in [-0.05, 0) is 46.9 Å². The molecule has 0 bridgehead atoms.